The van der Waals surface area contributed by atoms with Crippen LogP contribution in [0.4, 0.5) is 10.6 Å². The van der Waals surface area contributed by atoms with E-state index in [2.05, 4.69) is 10.3 Å². The van der Waals surface area contributed by atoms with E-state index in [-0.39, 0.29) is 6.03 Å². The Balaban J connectivity index is 1.63. The standard InChI is InChI=1S/C15H21N3O2/c1-2-15(20)8-9-18(10-15)14(19)17-13-5-3-4-12(16-13)11-6-7-11/h3-5,11,20H,2,6-10H2,1H3,(H,16,17,19). The highest BCUT2D eigenvalue weighted by Gasteiger charge is 2.36. The summed E-state index contributed by atoms with van der Waals surface area (Å²) in [5.41, 5.74) is 0.343. The maximum Gasteiger partial charge on any atom is 0.323 e. The van der Waals surface area contributed by atoms with Crippen LogP contribution in [0.3, 0.4) is 0 Å². The van der Waals surface area contributed by atoms with Crippen molar-refractivity contribution in [1.29, 1.82) is 0 Å². The van der Waals surface area contributed by atoms with Crippen molar-refractivity contribution in [3.8, 4) is 0 Å². The summed E-state index contributed by atoms with van der Waals surface area (Å²) >= 11 is 0. The highest BCUT2D eigenvalue weighted by atomic mass is 16.3. The Morgan fingerprint density at radius 1 is 1.55 bits per heavy atom. The topological polar surface area (TPSA) is 65.5 Å². The lowest BCUT2D eigenvalue weighted by molar-refractivity contribution is 0.0492. The van der Waals surface area contributed by atoms with Gasteiger partial charge in [0.05, 0.1) is 12.1 Å². The zero-order chi connectivity index (χ0) is 14.2. The highest BCUT2D eigenvalue weighted by molar-refractivity contribution is 5.88. The SMILES string of the molecule is CCC1(O)CCN(C(=O)Nc2cccc(C3CC3)n2)C1. The third-order valence-electron chi connectivity index (χ3n) is 4.28. The van der Waals surface area contributed by atoms with E-state index >= 15 is 0 Å². The Bertz CT molecular complexity index is 516. The number of hydrogen-bond acceptors (Lipinski definition) is 3. The van der Waals surface area contributed by atoms with Gasteiger partial charge in [-0.3, -0.25) is 5.32 Å². The van der Waals surface area contributed by atoms with Crippen molar-refractivity contribution >= 4 is 11.8 Å². The summed E-state index contributed by atoms with van der Waals surface area (Å²) < 4.78 is 0. The van der Waals surface area contributed by atoms with Crippen LogP contribution < -0.4 is 5.32 Å². The second kappa shape index (κ2) is 5.05. The molecule has 0 spiro atoms. The third-order valence-corrected chi connectivity index (χ3v) is 4.28. The first-order chi connectivity index (χ1) is 9.59. The molecule has 0 radical (unpaired) electrons. The molecule has 1 saturated heterocycles. The number of aromatic nitrogens is 1. The van der Waals surface area contributed by atoms with Crippen molar-refractivity contribution in [3.63, 3.8) is 0 Å². The van der Waals surface area contributed by atoms with Crippen LogP contribution in [0.25, 0.3) is 0 Å². The Hall–Kier alpha value is -1.62. The van der Waals surface area contributed by atoms with Crippen LogP contribution in [0.2, 0.25) is 0 Å². The maximum absolute atomic E-state index is 12.2. The fraction of sp³-hybridized carbons (Fsp3) is 0.600. The average Bonchev–Trinajstić information content (AvgIpc) is 3.22. The number of rotatable bonds is 3. The van der Waals surface area contributed by atoms with Gasteiger partial charge in [0.1, 0.15) is 5.82 Å². The molecule has 0 aromatic carbocycles. The van der Waals surface area contributed by atoms with Crippen LogP contribution in [0, 0.1) is 0 Å². The molecule has 5 heteroatoms. The van der Waals surface area contributed by atoms with E-state index in [9.17, 15) is 9.90 Å². The summed E-state index contributed by atoms with van der Waals surface area (Å²) in [5.74, 6) is 1.18. The predicted octanol–water partition coefficient (Wildman–Crippen LogP) is 2.34. The van der Waals surface area contributed by atoms with E-state index in [4.69, 9.17) is 0 Å². The predicted molar refractivity (Wildman–Crippen MR) is 76.7 cm³/mol. The number of nitrogens with zero attached hydrogens (tertiary/aromatic N) is 2. The van der Waals surface area contributed by atoms with Crippen LogP contribution in [-0.4, -0.2) is 39.7 Å². The molecule has 3 rings (SSSR count). The number of aliphatic hydroxyl groups is 1. The zero-order valence-electron chi connectivity index (χ0n) is 11.8. The molecule has 1 aliphatic carbocycles. The lowest BCUT2D eigenvalue weighted by Crippen LogP contribution is -2.38. The number of anilines is 1. The third kappa shape index (κ3) is 2.77. The lowest BCUT2D eigenvalue weighted by atomic mass is 10.0. The fourth-order valence-corrected chi connectivity index (χ4v) is 2.63. The number of β-amino-alcohol motifs (C(OH)–C–C–N with tert-alkyl or cyclic N) is 1. The van der Waals surface area contributed by atoms with Crippen molar-refractivity contribution in [3.05, 3.63) is 23.9 Å². The number of hydrogen-bond donors (Lipinski definition) is 2. The normalized spacial score (nSPS) is 25.8. The molecule has 1 unspecified atom stereocenters. The zero-order valence-corrected chi connectivity index (χ0v) is 11.8. The second-order valence-electron chi connectivity index (χ2n) is 5.90. The van der Waals surface area contributed by atoms with Crippen LogP contribution in [0.5, 0.6) is 0 Å². The summed E-state index contributed by atoms with van der Waals surface area (Å²) in [5, 5.41) is 13.0. The van der Waals surface area contributed by atoms with Gasteiger partial charge in [-0.05, 0) is 37.8 Å². The summed E-state index contributed by atoms with van der Waals surface area (Å²) in [7, 11) is 0. The van der Waals surface area contributed by atoms with E-state index in [0.29, 0.717) is 37.7 Å². The Morgan fingerprint density at radius 2 is 2.35 bits per heavy atom. The van der Waals surface area contributed by atoms with Crippen LogP contribution in [-0.2, 0) is 0 Å². The van der Waals surface area contributed by atoms with Crippen LogP contribution >= 0.6 is 0 Å². The fourth-order valence-electron chi connectivity index (χ4n) is 2.63. The minimum atomic E-state index is -0.722. The molecule has 2 N–H and O–H groups in total. The van der Waals surface area contributed by atoms with Crippen molar-refractivity contribution in [1.82, 2.24) is 9.88 Å². The molecule has 108 valence electrons. The number of nitrogens with one attached hydrogen (secondary N) is 1. The molecule has 1 aliphatic heterocycles. The summed E-state index contributed by atoms with van der Waals surface area (Å²) in [4.78, 5) is 18.3. The number of pyridine rings is 1. The molecule has 1 atom stereocenters. The van der Waals surface area contributed by atoms with E-state index < -0.39 is 5.60 Å². The van der Waals surface area contributed by atoms with Gasteiger partial charge in [0.25, 0.3) is 0 Å². The molecule has 2 heterocycles. The van der Waals surface area contributed by atoms with Gasteiger partial charge in [-0.1, -0.05) is 13.0 Å². The van der Waals surface area contributed by atoms with Crippen LogP contribution in [0.15, 0.2) is 18.2 Å². The van der Waals surface area contributed by atoms with Gasteiger partial charge < -0.3 is 10.0 Å². The number of likely N-dealkylation sites (tertiary alicyclic amines) is 1. The number of carbonyl (C=O) groups excluding carboxylic acids is 1. The Labute approximate surface area is 119 Å². The molecular formula is C15H21N3O2. The molecule has 0 bridgehead atoms. The van der Waals surface area contributed by atoms with Crippen molar-refractivity contribution < 1.29 is 9.90 Å². The first-order valence-electron chi connectivity index (χ1n) is 7.35. The van der Waals surface area contributed by atoms with Gasteiger partial charge in [-0.25, -0.2) is 9.78 Å². The molecular weight excluding hydrogens is 254 g/mol. The van der Waals surface area contributed by atoms with Gasteiger partial charge >= 0.3 is 6.03 Å². The van der Waals surface area contributed by atoms with Gasteiger partial charge in [-0.15, -0.1) is 0 Å². The number of urea groups is 1. The molecule has 2 aliphatic rings. The maximum atomic E-state index is 12.2. The lowest BCUT2D eigenvalue weighted by Gasteiger charge is -2.21. The molecule has 20 heavy (non-hydrogen) atoms. The van der Waals surface area contributed by atoms with E-state index in [1.165, 1.54) is 12.8 Å². The molecule has 2 amide bonds. The van der Waals surface area contributed by atoms with Gasteiger partial charge in [0.2, 0.25) is 0 Å². The molecule has 2 fully saturated rings. The van der Waals surface area contributed by atoms with E-state index in [1.54, 1.807) is 4.90 Å². The summed E-state index contributed by atoms with van der Waals surface area (Å²) in [6, 6.07) is 5.59. The molecule has 5 nitrogen and oxygen atoms in total. The number of carbonyl (C=O) groups is 1. The van der Waals surface area contributed by atoms with Crippen molar-refractivity contribution in [2.45, 2.75) is 44.1 Å². The van der Waals surface area contributed by atoms with E-state index in [0.717, 1.165) is 5.69 Å². The quantitative estimate of drug-likeness (QED) is 0.890. The van der Waals surface area contributed by atoms with Crippen LogP contribution in [0.1, 0.15) is 44.2 Å². The van der Waals surface area contributed by atoms with E-state index in [1.807, 2.05) is 25.1 Å². The molecule has 1 aromatic heterocycles. The number of amides is 2. The second-order valence-corrected chi connectivity index (χ2v) is 5.90. The summed E-state index contributed by atoms with van der Waals surface area (Å²) in [6.45, 7) is 2.94. The average molecular weight is 275 g/mol. The Morgan fingerprint density at radius 3 is 3.00 bits per heavy atom. The first-order valence-corrected chi connectivity index (χ1v) is 7.35. The van der Waals surface area contributed by atoms with Gasteiger partial charge in [0.15, 0.2) is 0 Å². The summed E-state index contributed by atoms with van der Waals surface area (Å²) in [6.07, 6.45) is 3.71. The van der Waals surface area contributed by atoms with Crippen molar-refractivity contribution in [2.75, 3.05) is 18.4 Å². The highest BCUT2D eigenvalue weighted by Crippen LogP contribution is 2.39. The largest absolute Gasteiger partial charge is 0.388 e. The van der Waals surface area contributed by atoms with Gasteiger partial charge in [0, 0.05) is 18.2 Å². The minimum Gasteiger partial charge on any atom is -0.388 e. The minimum absolute atomic E-state index is 0.171. The first kappa shape index (κ1) is 13.4. The Kier molecular flexibility index (Phi) is 3.38. The monoisotopic (exact) mass is 275 g/mol. The van der Waals surface area contributed by atoms with Gasteiger partial charge in [-0.2, -0.15) is 0 Å². The molecule has 1 aromatic rings. The molecule has 1 saturated carbocycles. The van der Waals surface area contributed by atoms with Crippen molar-refractivity contribution in [2.24, 2.45) is 0 Å². The smallest absolute Gasteiger partial charge is 0.323 e.